The van der Waals surface area contributed by atoms with E-state index in [2.05, 4.69) is 15.2 Å². The predicted octanol–water partition coefficient (Wildman–Crippen LogP) is 1.23. The highest BCUT2D eigenvalue weighted by atomic mass is 16.5. The molecule has 1 aliphatic heterocycles. The largest absolute Gasteiger partial charge is 0.390 e. The number of nitrogens with one attached hydrogen (secondary N) is 1. The molecule has 7 heteroatoms. The summed E-state index contributed by atoms with van der Waals surface area (Å²) in [5, 5.41) is 23.7. The Morgan fingerprint density at radius 1 is 1.17 bits per heavy atom. The number of morpholine rings is 1. The van der Waals surface area contributed by atoms with E-state index in [0.29, 0.717) is 25.2 Å². The molecule has 1 aromatic carbocycles. The summed E-state index contributed by atoms with van der Waals surface area (Å²) in [6.07, 6.45) is 0.249. The molecule has 4 rings (SSSR count). The lowest BCUT2D eigenvalue weighted by atomic mass is 9.94. The Labute approximate surface area is 170 Å². The summed E-state index contributed by atoms with van der Waals surface area (Å²) in [6, 6.07) is 10.7. The minimum absolute atomic E-state index is 0.209. The highest BCUT2D eigenvalue weighted by Crippen LogP contribution is 2.35. The molecule has 0 bridgehead atoms. The number of rotatable bonds is 4. The molecule has 1 aliphatic carbocycles. The molecular weight excluding hydrogens is 370 g/mol. The number of aromatic nitrogens is 1. The van der Waals surface area contributed by atoms with E-state index in [9.17, 15) is 15.0 Å². The summed E-state index contributed by atoms with van der Waals surface area (Å²) >= 11 is 0. The molecule has 0 radical (unpaired) electrons. The molecule has 2 aromatic rings. The van der Waals surface area contributed by atoms with E-state index < -0.39 is 18.2 Å². The SMILES string of the molecule is Cc1ccccc1C(=O)N[C@H]1[C@H](O)[C@H](O)C[C@@H]1c1ccc(N2CCOCC2)nc1. The fourth-order valence-corrected chi connectivity index (χ4v) is 4.21. The van der Waals surface area contributed by atoms with E-state index >= 15 is 0 Å². The van der Waals surface area contributed by atoms with Gasteiger partial charge in [0, 0.05) is 30.8 Å². The fourth-order valence-electron chi connectivity index (χ4n) is 4.21. The van der Waals surface area contributed by atoms with Gasteiger partial charge in [-0.1, -0.05) is 24.3 Å². The Bertz CT molecular complexity index is 851. The van der Waals surface area contributed by atoms with Crippen molar-refractivity contribution in [2.75, 3.05) is 31.2 Å². The van der Waals surface area contributed by atoms with Crippen molar-refractivity contribution < 1.29 is 19.7 Å². The van der Waals surface area contributed by atoms with Crippen LogP contribution in [0.3, 0.4) is 0 Å². The highest BCUT2D eigenvalue weighted by molar-refractivity contribution is 5.95. The maximum Gasteiger partial charge on any atom is 0.251 e. The number of hydrogen-bond donors (Lipinski definition) is 3. The van der Waals surface area contributed by atoms with Crippen LogP contribution in [0.15, 0.2) is 42.6 Å². The molecule has 2 aliphatic rings. The summed E-state index contributed by atoms with van der Waals surface area (Å²) in [5.41, 5.74) is 2.33. The lowest BCUT2D eigenvalue weighted by Gasteiger charge is -2.28. The standard InChI is InChI=1S/C22H27N3O4/c1-14-4-2-3-5-16(14)22(28)24-20-17(12-18(26)21(20)27)15-6-7-19(23-13-15)25-8-10-29-11-9-25/h2-7,13,17-18,20-21,26-27H,8-12H2,1H3,(H,24,28)/t17-,18-,20-,21-/m1/s1. The molecule has 1 saturated heterocycles. The van der Waals surface area contributed by atoms with Crippen LogP contribution in [0.1, 0.15) is 33.8 Å². The second-order valence-corrected chi connectivity index (χ2v) is 7.76. The van der Waals surface area contributed by atoms with Crippen LogP contribution < -0.4 is 10.2 Å². The van der Waals surface area contributed by atoms with Crippen LogP contribution in [0.5, 0.6) is 0 Å². The van der Waals surface area contributed by atoms with Gasteiger partial charge in [-0.3, -0.25) is 4.79 Å². The Balaban J connectivity index is 1.52. The van der Waals surface area contributed by atoms with Crippen molar-refractivity contribution in [3.8, 4) is 0 Å². The van der Waals surface area contributed by atoms with Gasteiger partial charge in [0.1, 0.15) is 11.9 Å². The maximum absolute atomic E-state index is 12.8. The van der Waals surface area contributed by atoms with Crippen molar-refractivity contribution in [1.29, 1.82) is 0 Å². The number of aliphatic hydroxyl groups is 2. The summed E-state index contributed by atoms with van der Waals surface area (Å²) in [7, 11) is 0. The van der Waals surface area contributed by atoms with Crippen molar-refractivity contribution in [3.63, 3.8) is 0 Å². The van der Waals surface area contributed by atoms with Crippen molar-refractivity contribution in [2.24, 2.45) is 0 Å². The molecule has 2 heterocycles. The molecular formula is C22H27N3O4. The second-order valence-electron chi connectivity index (χ2n) is 7.76. The molecule has 0 unspecified atom stereocenters. The van der Waals surface area contributed by atoms with Gasteiger partial charge in [-0.05, 0) is 36.6 Å². The van der Waals surface area contributed by atoms with Crippen molar-refractivity contribution in [3.05, 3.63) is 59.3 Å². The van der Waals surface area contributed by atoms with E-state index in [0.717, 1.165) is 30.0 Å². The van der Waals surface area contributed by atoms with Crippen LogP contribution >= 0.6 is 0 Å². The maximum atomic E-state index is 12.8. The Hall–Kier alpha value is -2.48. The van der Waals surface area contributed by atoms with Gasteiger partial charge in [-0.25, -0.2) is 4.98 Å². The highest BCUT2D eigenvalue weighted by Gasteiger charge is 2.43. The monoisotopic (exact) mass is 397 g/mol. The molecule has 1 saturated carbocycles. The average Bonchev–Trinajstić information content (AvgIpc) is 3.03. The average molecular weight is 397 g/mol. The van der Waals surface area contributed by atoms with E-state index in [1.165, 1.54) is 0 Å². The third-order valence-corrected chi connectivity index (χ3v) is 5.91. The molecule has 3 N–H and O–H groups in total. The molecule has 1 aromatic heterocycles. The number of amides is 1. The molecule has 2 fully saturated rings. The van der Waals surface area contributed by atoms with Crippen LogP contribution in [0.2, 0.25) is 0 Å². The number of nitrogens with zero attached hydrogens (tertiary/aromatic N) is 2. The van der Waals surface area contributed by atoms with Crippen LogP contribution in [0.25, 0.3) is 0 Å². The van der Waals surface area contributed by atoms with Crippen molar-refractivity contribution >= 4 is 11.7 Å². The first-order valence-corrected chi connectivity index (χ1v) is 10.1. The van der Waals surface area contributed by atoms with Gasteiger partial charge in [0.25, 0.3) is 5.91 Å². The van der Waals surface area contributed by atoms with Crippen molar-refractivity contribution in [2.45, 2.75) is 37.5 Å². The van der Waals surface area contributed by atoms with Gasteiger partial charge in [0.2, 0.25) is 0 Å². The van der Waals surface area contributed by atoms with Gasteiger partial charge in [-0.2, -0.15) is 0 Å². The predicted molar refractivity (Wildman–Crippen MR) is 109 cm³/mol. The quantitative estimate of drug-likeness (QED) is 0.719. The van der Waals surface area contributed by atoms with Crippen LogP contribution in [0, 0.1) is 6.92 Å². The zero-order valence-electron chi connectivity index (χ0n) is 16.5. The minimum Gasteiger partial charge on any atom is -0.390 e. The number of aliphatic hydroxyl groups excluding tert-OH is 2. The minimum atomic E-state index is -1.02. The van der Waals surface area contributed by atoms with E-state index in [4.69, 9.17) is 4.74 Å². The number of carbonyl (C=O) groups is 1. The number of carbonyl (C=O) groups excluding carboxylic acids is 1. The number of benzene rings is 1. The van der Waals surface area contributed by atoms with E-state index in [1.807, 2.05) is 37.3 Å². The smallest absolute Gasteiger partial charge is 0.251 e. The first kappa shape index (κ1) is 19.8. The Morgan fingerprint density at radius 3 is 2.62 bits per heavy atom. The molecule has 4 atom stereocenters. The van der Waals surface area contributed by atoms with Crippen LogP contribution in [0.4, 0.5) is 5.82 Å². The van der Waals surface area contributed by atoms with Crippen LogP contribution in [-0.4, -0.2) is 65.7 Å². The molecule has 1 amide bonds. The summed E-state index contributed by atoms with van der Waals surface area (Å²) < 4.78 is 5.38. The normalized spacial score (nSPS) is 27.1. The lowest BCUT2D eigenvalue weighted by Crippen LogP contribution is -2.45. The third kappa shape index (κ3) is 4.12. The fraction of sp³-hybridized carbons (Fsp3) is 0.455. The number of hydrogen-bond acceptors (Lipinski definition) is 6. The first-order chi connectivity index (χ1) is 14.0. The number of pyridine rings is 1. The summed E-state index contributed by atoms with van der Waals surface area (Å²) in [6.45, 7) is 4.88. The Kier molecular flexibility index (Phi) is 5.80. The molecule has 29 heavy (non-hydrogen) atoms. The number of ether oxygens (including phenoxy) is 1. The second kappa shape index (κ2) is 8.49. The number of aryl methyl sites for hydroxylation is 1. The lowest BCUT2D eigenvalue weighted by molar-refractivity contribution is 0.0294. The zero-order chi connectivity index (χ0) is 20.4. The Morgan fingerprint density at radius 2 is 1.93 bits per heavy atom. The van der Waals surface area contributed by atoms with Gasteiger partial charge in [-0.15, -0.1) is 0 Å². The van der Waals surface area contributed by atoms with Gasteiger partial charge in [0.15, 0.2) is 0 Å². The van der Waals surface area contributed by atoms with Gasteiger partial charge >= 0.3 is 0 Å². The molecule has 7 nitrogen and oxygen atoms in total. The zero-order valence-corrected chi connectivity index (χ0v) is 16.5. The van der Waals surface area contributed by atoms with Gasteiger partial charge in [0.05, 0.1) is 25.4 Å². The van der Waals surface area contributed by atoms with E-state index in [-0.39, 0.29) is 11.8 Å². The number of anilines is 1. The molecule has 154 valence electrons. The van der Waals surface area contributed by atoms with Crippen molar-refractivity contribution in [1.82, 2.24) is 10.3 Å². The third-order valence-electron chi connectivity index (χ3n) is 5.91. The molecule has 0 spiro atoms. The first-order valence-electron chi connectivity index (χ1n) is 10.1. The van der Waals surface area contributed by atoms with Crippen LogP contribution in [-0.2, 0) is 4.74 Å². The van der Waals surface area contributed by atoms with E-state index in [1.54, 1.807) is 12.3 Å². The topological polar surface area (TPSA) is 94.9 Å². The summed E-state index contributed by atoms with van der Waals surface area (Å²) in [5.74, 6) is 0.431. The van der Waals surface area contributed by atoms with Gasteiger partial charge < -0.3 is 25.2 Å². The summed E-state index contributed by atoms with van der Waals surface area (Å²) in [4.78, 5) is 19.5.